The third-order valence-electron chi connectivity index (χ3n) is 0.954. The number of nitrogens with zero attached hydrogens (tertiary/aromatic N) is 2. The first-order chi connectivity index (χ1) is 5.68. The molecule has 72 valence electrons. The van der Waals surface area contributed by atoms with Crippen LogP contribution >= 0.6 is 11.6 Å². The monoisotopic (exact) mass is 191 g/mol. The van der Waals surface area contributed by atoms with Crippen molar-refractivity contribution in [1.82, 2.24) is 4.90 Å². The van der Waals surface area contributed by atoms with Gasteiger partial charge in [-0.1, -0.05) is 6.92 Å². The predicted octanol–water partition coefficient (Wildman–Crippen LogP) is 1.94. The number of rotatable bonds is 4. The fourth-order valence-corrected chi connectivity index (χ4v) is 0.522. The Labute approximate surface area is 79.9 Å². The van der Waals surface area contributed by atoms with Crippen LogP contribution in [0.4, 0.5) is 0 Å². The van der Waals surface area contributed by atoms with Crippen LogP contribution in [-0.2, 0) is 0 Å². The lowest BCUT2D eigenvalue weighted by Crippen LogP contribution is -2.13. The highest BCUT2D eigenvalue weighted by Crippen LogP contribution is 1.82. The van der Waals surface area contributed by atoms with Crippen LogP contribution in [0.2, 0.25) is 0 Å². The number of alkyl halides is 1. The summed E-state index contributed by atoms with van der Waals surface area (Å²) in [5.74, 6) is 0.722. The number of halogens is 1. The maximum Gasteiger partial charge on any atom is 0.0861 e. The zero-order valence-corrected chi connectivity index (χ0v) is 8.86. The molecule has 0 saturated carbocycles. The first kappa shape index (κ1) is 14.2. The first-order valence-electron chi connectivity index (χ1n) is 3.97. The minimum atomic E-state index is 0.722. The molecule has 0 aromatic carbocycles. The molecule has 0 amide bonds. The maximum absolute atomic E-state index is 6.46. The lowest BCUT2D eigenvalue weighted by molar-refractivity contribution is 0.403. The molecule has 0 aliphatic carbocycles. The largest absolute Gasteiger partial charge is 0.309 e. The van der Waals surface area contributed by atoms with E-state index in [1.54, 1.807) is 0 Å². The molecule has 1 N–H and O–H groups in total. The quantitative estimate of drug-likeness (QED) is 0.412. The van der Waals surface area contributed by atoms with Crippen molar-refractivity contribution in [2.75, 3.05) is 33.1 Å². The SMILES string of the molecule is CCCl.CN(C)CCCN=C=N. The van der Waals surface area contributed by atoms with Crippen molar-refractivity contribution in [2.24, 2.45) is 4.99 Å². The third kappa shape index (κ3) is 22.6. The number of hydrogen-bond acceptors (Lipinski definition) is 3. The molecular weight excluding hydrogens is 174 g/mol. The van der Waals surface area contributed by atoms with Gasteiger partial charge in [-0.3, -0.25) is 0 Å². The Morgan fingerprint density at radius 2 is 2.00 bits per heavy atom. The van der Waals surface area contributed by atoms with E-state index in [-0.39, 0.29) is 0 Å². The summed E-state index contributed by atoms with van der Waals surface area (Å²) < 4.78 is 0. The van der Waals surface area contributed by atoms with Crippen molar-refractivity contribution in [3.63, 3.8) is 0 Å². The van der Waals surface area contributed by atoms with E-state index in [0.29, 0.717) is 0 Å². The number of nitrogens with one attached hydrogen (secondary N) is 1. The number of aliphatic imine (C=N–C) groups is 1. The molecule has 0 aromatic heterocycles. The average molecular weight is 192 g/mol. The molecule has 0 rings (SSSR count). The standard InChI is InChI=1S/C6H13N3.C2H5Cl/c1-9(2)5-3-4-8-6-7;1-2-3/h7H,3-5H2,1-2H3;2H2,1H3. The summed E-state index contributed by atoms with van der Waals surface area (Å²) in [4.78, 5) is 5.73. The van der Waals surface area contributed by atoms with E-state index in [0.717, 1.165) is 25.4 Å². The van der Waals surface area contributed by atoms with Crippen LogP contribution in [0.1, 0.15) is 13.3 Å². The highest BCUT2D eigenvalue weighted by Gasteiger charge is 1.86. The molecule has 0 aliphatic rings. The zero-order chi connectivity index (χ0) is 9.82. The fourth-order valence-electron chi connectivity index (χ4n) is 0.522. The van der Waals surface area contributed by atoms with Crippen molar-refractivity contribution < 1.29 is 0 Å². The Morgan fingerprint density at radius 1 is 1.50 bits per heavy atom. The van der Waals surface area contributed by atoms with Crippen LogP contribution in [0, 0.1) is 5.41 Å². The molecule has 3 nitrogen and oxygen atoms in total. The van der Waals surface area contributed by atoms with Crippen molar-refractivity contribution in [3.8, 4) is 0 Å². The van der Waals surface area contributed by atoms with Gasteiger partial charge in [0.1, 0.15) is 0 Å². The summed E-state index contributed by atoms with van der Waals surface area (Å²) in [6.45, 7) is 3.65. The van der Waals surface area contributed by atoms with Gasteiger partial charge in [-0.05, 0) is 27.1 Å². The molecule has 0 aromatic rings. The maximum atomic E-state index is 6.46. The highest BCUT2D eigenvalue weighted by atomic mass is 35.5. The molecule has 0 spiro atoms. The Bertz CT molecular complexity index is 119. The van der Waals surface area contributed by atoms with E-state index in [2.05, 4.69) is 9.89 Å². The summed E-state index contributed by atoms with van der Waals surface area (Å²) in [7, 11) is 4.04. The second kappa shape index (κ2) is 13.2. The number of hydrogen-bond donors (Lipinski definition) is 1. The minimum Gasteiger partial charge on any atom is -0.309 e. The molecule has 12 heavy (non-hydrogen) atoms. The summed E-state index contributed by atoms with van der Waals surface area (Å²) in [5, 5.41) is 6.46. The molecule has 0 bridgehead atoms. The van der Waals surface area contributed by atoms with Gasteiger partial charge in [0.25, 0.3) is 0 Å². The molecule has 0 fully saturated rings. The van der Waals surface area contributed by atoms with Gasteiger partial charge < -0.3 is 4.90 Å². The van der Waals surface area contributed by atoms with Crippen LogP contribution in [0.5, 0.6) is 0 Å². The Morgan fingerprint density at radius 3 is 2.33 bits per heavy atom. The van der Waals surface area contributed by atoms with Gasteiger partial charge in [-0.2, -0.15) is 0 Å². The van der Waals surface area contributed by atoms with E-state index >= 15 is 0 Å². The fraction of sp³-hybridized carbons (Fsp3) is 0.875. The zero-order valence-electron chi connectivity index (χ0n) is 8.10. The third-order valence-corrected chi connectivity index (χ3v) is 0.954. The molecule has 0 heterocycles. The van der Waals surface area contributed by atoms with Crippen molar-refractivity contribution in [2.45, 2.75) is 13.3 Å². The first-order valence-corrected chi connectivity index (χ1v) is 4.51. The van der Waals surface area contributed by atoms with E-state index in [4.69, 9.17) is 17.0 Å². The molecule has 4 heteroatoms. The summed E-state index contributed by atoms with van der Waals surface area (Å²) in [6.07, 6.45) is 1.01. The lowest BCUT2D eigenvalue weighted by atomic mass is 10.4. The smallest absolute Gasteiger partial charge is 0.0861 e. The molecule has 0 saturated heterocycles. The molecule has 0 atom stereocenters. The van der Waals surface area contributed by atoms with E-state index in [1.807, 2.05) is 27.0 Å². The van der Waals surface area contributed by atoms with Gasteiger partial charge in [0, 0.05) is 5.88 Å². The molecule has 0 unspecified atom stereocenters. The van der Waals surface area contributed by atoms with Crippen LogP contribution in [0.3, 0.4) is 0 Å². The normalized spacial score (nSPS) is 8.42. The van der Waals surface area contributed by atoms with E-state index < -0.39 is 0 Å². The van der Waals surface area contributed by atoms with E-state index in [9.17, 15) is 0 Å². The second-order valence-corrected chi connectivity index (χ2v) is 2.95. The second-order valence-electron chi connectivity index (χ2n) is 2.42. The van der Waals surface area contributed by atoms with E-state index in [1.165, 1.54) is 0 Å². The van der Waals surface area contributed by atoms with Crippen LogP contribution in [0.15, 0.2) is 4.99 Å². The Hall–Kier alpha value is -0.370. The topological polar surface area (TPSA) is 39.5 Å². The van der Waals surface area contributed by atoms with Gasteiger partial charge in [-0.15, -0.1) is 11.6 Å². The van der Waals surface area contributed by atoms with Crippen molar-refractivity contribution >= 4 is 17.6 Å². The van der Waals surface area contributed by atoms with Gasteiger partial charge in [-0.25, -0.2) is 10.4 Å². The Balaban J connectivity index is 0. The van der Waals surface area contributed by atoms with Crippen LogP contribution in [-0.4, -0.2) is 44.0 Å². The van der Waals surface area contributed by atoms with Crippen LogP contribution < -0.4 is 0 Å². The van der Waals surface area contributed by atoms with Gasteiger partial charge in [0.05, 0.1) is 12.6 Å². The average Bonchev–Trinajstić information content (AvgIpc) is 1.99. The highest BCUT2D eigenvalue weighted by molar-refractivity contribution is 6.17. The predicted molar refractivity (Wildman–Crippen MR) is 54.6 cm³/mol. The summed E-state index contributed by atoms with van der Waals surface area (Å²) >= 11 is 5.00. The van der Waals surface area contributed by atoms with Crippen molar-refractivity contribution in [3.05, 3.63) is 0 Å². The molecule has 0 radical (unpaired) electrons. The Kier molecular flexibility index (Phi) is 15.6. The lowest BCUT2D eigenvalue weighted by Gasteiger charge is -2.05. The van der Waals surface area contributed by atoms with Crippen molar-refractivity contribution in [1.29, 1.82) is 5.41 Å². The summed E-state index contributed by atoms with van der Waals surface area (Å²) in [6, 6.07) is 2.00. The summed E-state index contributed by atoms with van der Waals surface area (Å²) in [5.41, 5.74) is 0. The van der Waals surface area contributed by atoms with Gasteiger partial charge in [0.2, 0.25) is 0 Å². The minimum absolute atomic E-state index is 0.722. The van der Waals surface area contributed by atoms with Crippen LogP contribution in [0.25, 0.3) is 0 Å². The molecular formula is C8H18ClN3. The molecule has 0 aliphatic heterocycles. The van der Waals surface area contributed by atoms with Gasteiger partial charge >= 0.3 is 0 Å². The van der Waals surface area contributed by atoms with Gasteiger partial charge in [0.15, 0.2) is 0 Å².